The number of carbonyl (C=O) groups excluding carboxylic acids is 1. The van der Waals surface area contributed by atoms with E-state index in [4.69, 9.17) is 16.3 Å². The average Bonchev–Trinajstić information content (AvgIpc) is 2.56. The summed E-state index contributed by atoms with van der Waals surface area (Å²) in [4.78, 5) is 12.5. The van der Waals surface area contributed by atoms with Crippen molar-refractivity contribution in [3.63, 3.8) is 0 Å². The fourth-order valence-electron chi connectivity index (χ4n) is 2.37. The second-order valence-electron chi connectivity index (χ2n) is 5.43. The standard InChI is InChI=1S/C19H22ClNO2/c1-4-13(3)15-8-6-7-9-17(15)21-19(22)14-10-11-18(23-5-2)16(20)12-14/h6-13H,4-5H2,1-3H3,(H,21,22)/t13-/m0/s1. The van der Waals surface area contributed by atoms with E-state index in [1.165, 1.54) is 0 Å². The Morgan fingerprint density at radius 2 is 1.96 bits per heavy atom. The van der Waals surface area contributed by atoms with Crippen LogP contribution in [0.15, 0.2) is 42.5 Å². The summed E-state index contributed by atoms with van der Waals surface area (Å²) in [6.07, 6.45) is 1.02. The molecule has 0 aliphatic carbocycles. The van der Waals surface area contributed by atoms with E-state index < -0.39 is 0 Å². The molecule has 2 aromatic carbocycles. The SMILES string of the molecule is CCOc1ccc(C(=O)Nc2ccccc2[C@@H](C)CC)cc1Cl. The highest BCUT2D eigenvalue weighted by Crippen LogP contribution is 2.28. The molecule has 0 aliphatic rings. The molecule has 1 atom stereocenters. The van der Waals surface area contributed by atoms with Gasteiger partial charge in [0.25, 0.3) is 5.91 Å². The van der Waals surface area contributed by atoms with Gasteiger partial charge in [0.15, 0.2) is 0 Å². The predicted octanol–water partition coefficient (Wildman–Crippen LogP) is 5.50. The molecule has 23 heavy (non-hydrogen) atoms. The van der Waals surface area contributed by atoms with Crippen molar-refractivity contribution in [2.24, 2.45) is 0 Å². The molecule has 1 N–H and O–H groups in total. The van der Waals surface area contributed by atoms with Gasteiger partial charge in [-0.2, -0.15) is 0 Å². The van der Waals surface area contributed by atoms with Crippen LogP contribution in [0.2, 0.25) is 5.02 Å². The Hall–Kier alpha value is -2.00. The molecule has 0 saturated carbocycles. The van der Waals surface area contributed by atoms with Gasteiger partial charge in [0.1, 0.15) is 5.75 Å². The first-order valence-electron chi connectivity index (χ1n) is 7.89. The molecule has 2 rings (SSSR count). The summed E-state index contributed by atoms with van der Waals surface area (Å²) < 4.78 is 5.39. The van der Waals surface area contributed by atoms with Crippen molar-refractivity contribution in [1.29, 1.82) is 0 Å². The van der Waals surface area contributed by atoms with Gasteiger partial charge >= 0.3 is 0 Å². The van der Waals surface area contributed by atoms with Crippen LogP contribution >= 0.6 is 11.6 Å². The van der Waals surface area contributed by atoms with E-state index in [1.54, 1.807) is 18.2 Å². The minimum absolute atomic E-state index is 0.175. The zero-order chi connectivity index (χ0) is 16.8. The van der Waals surface area contributed by atoms with Crippen LogP contribution in [0.3, 0.4) is 0 Å². The highest BCUT2D eigenvalue weighted by atomic mass is 35.5. The number of halogens is 1. The first kappa shape index (κ1) is 17.4. The summed E-state index contributed by atoms with van der Waals surface area (Å²) in [5, 5.41) is 3.42. The Balaban J connectivity index is 2.21. The minimum atomic E-state index is -0.175. The van der Waals surface area contributed by atoms with E-state index in [2.05, 4.69) is 25.2 Å². The first-order chi connectivity index (χ1) is 11.1. The van der Waals surface area contributed by atoms with Gasteiger partial charge in [-0.05, 0) is 49.1 Å². The lowest BCUT2D eigenvalue weighted by Crippen LogP contribution is -2.14. The van der Waals surface area contributed by atoms with E-state index in [0.29, 0.717) is 28.9 Å². The monoisotopic (exact) mass is 331 g/mol. The highest BCUT2D eigenvalue weighted by Gasteiger charge is 2.13. The molecule has 1 amide bonds. The molecule has 0 spiro atoms. The summed E-state index contributed by atoms with van der Waals surface area (Å²) in [6.45, 7) is 6.71. The third-order valence-electron chi connectivity index (χ3n) is 3.85. The number of nitrogens with one attached hydrogen (secondary N) is 1. The van der Waals surface area contributed by atoms with Gasteiger partial charge in [0.05, 0.1) is 11.6 Å². The number of ether oxygens (including phenoxy) is 1. The molecule has 0 radical (unpaired) electrons. The lowest BCUT2D eigenvalue weighted by atomic mass is 9.97. The summed E-state index contributed by atoms with van der Waals surface area (Å²) in [7, 11) is 0. The van der Waals surface area contributed by atoms with Crippen molar-refractivity contribution in [3.8, 4) is 5.75 Å². The van der Waals surface area contributed by atoms with E-state index in [-0.39, 0.29) is 5.91 Å². The van der Waals surface area contributed by atoms with E-state index in [0.717, 1.165) is 17.7 Å². The smallest absolute Gasteiger partial charge is 0.255 e. The molecule has 0 heterocycles. The summed E-state index contributed by atoms with van der Waals surface area (Å²) in [6, 6.07) is 13.0. The van der Waals surface area contributed by atoms with Crippen molar-refractivity contribution < 1.29 is 9.53 Å². The molecule has 2 aromatic rings. The second-order valence-corrected chi connectivity index (χ2v) is 5.84. The zero-order valence-corrected chi connectivity index (χ0v) is 14.5. The average molecular weight is 332 g/mol. The maximum absolute atomic E-state index is 12.5. The molecular formula is C19H22ClNO2. The van der Waals surface area contributed by atoms with Crippen LogP contribution in [-0.2, 0) is 0 Å². The van der Waals surface area contributed by atoms with Gasteiger partial charge in [0.2, 0.25) is 0 Å². The Bertz CT molecular complexity index is 685. The van der Waals surface area contributed by atoms with Crippen molar-refractivity contribution in [3.05, 3.63) is 58.6 Å². The second kappa shape index (κ2) is 8.02. The fraction of sp³-hybridized carbons (Fsp3) is 0.316. The van der Waals surface area contributed by atoms with Gasteiger partial charge in [-0.25, -0.2) is 0 Å². The predicted molar refractivity (Wildman–Crippen MR) is 95.7 cm³/mol. The number of carbonyl (C=O) groups is 1. The van der Waals surface area contributed by atoms with Gasteiger partial charge < -0.3 is 10.1 Å². The van der Waals surface area contributed by atoms with Crippen LogP contribution in [-0.4, -0.2) is 12.5 Å². The number of hydrogen-bond donors (Lipinski definition) is 1. The Kier molecular flexibility index (Phi) is 6.05. The van der Waals surface area contributed by atoms with Crippen molar-refractivity contribution >= 4 is 23.2 Å². The summed E-state index contributed by atoms with van der Waals surface area (Å²) in [5.74, 6) is 0.798. The lowest BCUT2D eigenvalue weighted by molar-refractivity contribution is 0.102. The van der Waals surface area contributed by atoms with Crippen molar-refractivity contribution in [2.75, 3.05) is 11.9 Å². The molecule has 122 valence electrons. The lowest BCUT2D eigenvalue weighted by Gasteiger charge is -2.16. The number of rotatable bonds is 6. The Morgan fingerprint density at radius 1 is 1.22 bits per heavy atom. The molecule has 0 bridgehead atoms. The maximum atomic E-state index is 12.5. The Labute approximate surface area is 142 Å². The van der Waals surface area contributed by atoms with Gasteiger partial charge in [-0.3, -0.25) is 4.79 Å². The van der Waals surface area contributed by atoms with Gasteiger partial charge in [0, 0.05) is 11.3 Å². The molecule has 0 fully saturated rings. The number of anilines is 1. The number of para-hydroxylation sites is 1. The molecule has 4 heteroatoms. The number of amides is 1. The molecule has 0 unspecified atom stereocenters. The molecule has 0 saturated heterocycles. The quantitative estimate of drug-likeness (QED) is 0.758. The molecule has 0 aromatic heterocycles. The van der Waals surface area contributed by atoms with Crippen LogP contribution in [0.1, 0.15) is 49.0 Å². The van der Waals surface area contributed by atoms with Crippen LogP contribution in [0.4, 0.5) is 5.69 Å². The van der Waals surface area contributed by atoms with Crippen molar-refractivity contribution in [2.45, 2.75) is 33.1 Å². The summed E-state index contributed by atoms with van der Waals surface area (Å²) in [5.41, 5.74) is 2.50. The number of benzene rings is 2. The Morgan fingerprint density at radius 3 is 2.61 bits per heavy atom. The van der Waals surface area contributed by atoms with Gasteiger partial charge in [-0.1, -0.05) is 43.6 Å². The topological polar surface area (TPSA) is 38.3 Å². The van der Waals surface area contributed by atoms with Crippen LogP contribution in [0.25, 0.3) is 0 Å². The molecule has 0 aliphatic heterocycles. The van der Waals surface area contributed by atoms with E-state index in [9.17, 15) is 4.79 Å². The largest absolute Gasteiger partial charge is 0.492 e. The van der Waals surface area contributed by atoms with E-state index >= 15 is 0 Å². The van der Waals surface area contributed by atoms with Crippen molar-refractivity contribution in [1.82, 2.24) is 0 Å². The normalized spacial score (nSPS) is 11.8. The van der Waals surface area contributed by atoms with Crippen LogP contribution in [0.5, 0.6) is 5.75 Å². The highest BCUT2D eigenvalue weighted by molar-refractivity contribution is 6.32. The minimum Gasteiger partial charge on any atom is -0.492 e. The molecular weight excluding hydrogens is 310 g/mol. The van der Waals surface area contributed by atoms with Gasteiger partial charge in [-0.15, -0.1) is 0 Å². The number of hydrogen-bond acceptors (Lipinski definition) is 2. The third-order valence-corrected chi connectivity index (χ3v) is 4.14. The summed E-state index contributed by atoms with van der Waals surface area (Å²) >= 11 is 6.15. The van der Waals surface area contributed by atoms with Crippen LogP contribution in [0, 0.1) is 0 Å². The third kappa shape index (κ3) is 4.26. The fourth-order valence-corrected chi connectivity index (χ4v) is 2.60. The van der Waals surface area contributed by atoms with E-state index in [1.807, 2.05) is 25.1 Å². The maximum Gasteiger partial charge on any atom is 0.255 e. The first-order valence-corrected chi connectivity index (χ1v) is 8.27. The zero-order valence-electron chi connectivity index (χ0n) is 13.7. The molecule has 3 nitrogen and oxygen atoms in total. The van der Waals surface area contributed by atoms with Crippen LogP contribution < -0.4 is 10.1 Å².